The maximum atomic E-state index is 11.7. The zero-order valence-corrected chi connectivity index (χ0v) is 13.0. The molecule has 0 bridgehead atoms. The van der Waals surface area contributed by atoms with E-state index in [0.29, 0.717) is 22.9 Å². The lowest BCUT2D eigenvalue weighted by Crippen LogP contribution is -2.49. The van der Waals surface area contributed by atoms with Gasteiger partial charge < -0.3 is 9.80 Å². The minimum absolute atomic E-state index is 0.109. The van der Waals surface area contributed by atoms with E-state index in [2.05, 4.69) is 14.8 Å². The minimum Gasteiger partial charge on any atom is -0.353 e. The first-order valence-corrected chi connectivity index (χ1v) is 7.12. The molecular weight excluding hydrogens is 290 g/mol. The third-order valence-electron chi connectivity index (χ3n) is 3.48. The molecular formula is C14H18ClN5O. The molecule has 21 heavy (non-hydrogen) atoms. The summed E-state index contributed by atoms with van der Waals surface area (Å²) in [6.45, 7) is 3.54. The summed E-state index contributed by atoms with van der Waals surface area (Å²) in [4.78, 5) is 21.8. The van der Waals surface area contributed by atoms with Gasteiger partial charge in [0.25, 0.3) is 0 Å². The Morgan fingerprint density at radius 2 is 2.10 bits per heavy atom. The van der Waals surface area contributed by atoms with E-state index in [0.717, 1.165) is 26.2 Å². The Morgan fingerprint density at radius 3 is 2.62 bits per heavy atom. The lowest BCUT2D eigenvalue weighted by molar-refractivity contribution is -0.129. The Kier molecular flexibility index (Phi) is 4.99. The van der Waals surface area contributed by atoms with Crippen LogP contribution in [0.15, 0.2) is 12.3 Å². The smallest absolute Gasteiger partial charge is 0.236 e. The van der Waals surface area contributed by atoms with Crippen molar-refractivity contribution in [3.63, 3.8) is 0 Å². The van der Waals surface area contributed by atoms with Crippen LogP contribution < -0.4 is 4.90 Å². The van der Waals surface area contributed by atoms with Gasteiger partial charge in [0.1, 0.15) is 11.9 Å². The highest BCUT2D eigenvalue weighted by Crippen LogP contribution is 2.24. The van der Waals surface area contributed by atoms with E-state index in [1.807, 2.05) is 6.07 Å². The number of hydrogen-bond acceptors (Lipinski definition) is 5. The van der Waals surface area contributed by atoms with Gasteiger partial charge in [-0.2, -0.15) is 5.26 Å². The number of amides is 1. The van der Waals surface area contributed by atoms with Crippen molar-refractivity contribution in [1.82, 2.24) is 14.8 Å². The predicted molar refractivity (Wildman–Crippen MR) is 81.3 cm³/mol. The van der Waals surface area contributed by atoms with Gasteiger partial charge in [0.05, 0.1) is 17.1 Å². The number of carbonyl (C=O) groups is 1. The first kappa shape index (κ1) is 15.5. The summed E-state index contributed by atoms with van der Waals surface area (Å²) < 4.78 is 0. The second-order valence-corrected chi connectivity index (χ2v) is 5.60. The molecule has 0 atom stereocenters. The maximum absolute atomic E-state index is 11.7. The summed E-state index contributed by atoms with van der Waals surface area (Å²) in [7, 11) is 3.53. The molecule has 0 aromatic carbocycles. The molecule has 6 nitrogen and oxygen atoms in total. The second kappa shape index (κ2) is 6.74. The zero-order valence-electron chi connectivity index (χ0n) is 12.2. The molecule has 2 heterocycles. The molecule has 1 aromatic heterocycles. The first-order valence-electron chi connectivity index (χ1n) is 6.74. The van der Waals surface area contributed by atoms with Crippen molar-refractivity contribution in [3.05, 3.63) is 22.8 Å². The van der Waals surface area contributed by atoms with E-state index < -0.39 is 0 Å². The van der Waals surface area contributed by atoms with Crippen molar-refractivity contribution < 1.29 is 4.79 Å². The average molecular weight is 308 g/mol. The standard InChI is InChI=1S/C14H18ClN5O/c1-18(2)13(21)10-19-3-5-20(6-4-19)14-12(15)7-11(8-16)9-17-14/h7,9H,3-6,10H2,1-2H3. The quantitative estimate of drug-likeness (QED) is 0.827. The topological polar surface area (TPSA) is 63.5 Å². The number of halogens is 1. The average Bonchev–Trinajstić information content (AvgIpc) is 2.48. The Labute approximate surface area is 129 Å². The number of pyridine rings is 1. The third kappa shape index (κ3) is 3.84. The van der Waals surface area contributed by atoms with E-state index in [9.17, 15) is 4.79 Å². The van der Waals surface area contributed by atoms with Crippen molar-refractivity contribution in [3.8, 4) is 6.07 Å². The summed E-state index contributed by atoms with van der Waals surface area (Å²) >= 11 is 6.17. The van der Waals surface area contributed by atoms with E-state index in [4.69, 9.17) is 16.9 Å². The van der Waals surface area contributed by atoms with Gasteiger partial charge in [-0.3, -0.25) is 9.69 Å². The summed E-state index contributed by atoms with van der Waals surface area (Å²) in [6, 6.07) is 3.65. The minimum atomic E-state index is 0.109. The maximum Gasteiger partial charge on any atom is 0.236 e. The van der Waals surface area contributed by atoms with Gasteiger partial charge in [-0.15, -0.1) is 0 Å². The largest absolute Gasteiger partial charge is 0.353 e. The summed E-state index contributed by atoms with van der Waals surface area (Å²) in [5, 5.41) is 9.31. The SMILES string of the molecule is CN(C)C(=O)CN1CCN(c2ncc(C#N)cc2Cl)CC1. The number of carbonyl (C=O) groups excluding carboxylic acids is 1. The molecule has 1 fully saturated rings. The number of rotatable bonds is 3. The Balaban J connectivity index is 1.95. The van der Waals surface area contributed by atoms with Gasteiger partial charge in [-0.1, -0.05) is 11.6 Å². The molecule has 0 unspecified atom stereocenters. The highest BCUT2D eigenvalue weighted by Gasteiger charge is 2.21. The van der Waals surface area contributed by atoms with Crippen molar-refractivity contribution >= 4 is 23.3 Å². The highest BCUT2D eigenvalue weighted by atomic mass is 35.5. The van der Waals surface area contributed by atoms with Crippen LogP contribution in [-0.4, -0.2) is 67.5 Å². The Morgan fingerprint density at radius 1 is 1.43 bits per heavy atom. The molecule has 1 aliphatic rings. The molecule has 0 aliphatic carbocycles. The predicted octanol–water partition coefficient (Wildman–Crippen LogP) is 0.817. The second-order valence-electron chi connectivity index (χ2n) is 5.19. The van der Waals surface area contributed by atoms with Gasteiger partial charge in [0.15, 0.2) is 0 Å². The summed E-state index contributed by atoms with van der Waals surface area (Å²) in [5.74, 6) is 0.812. The molecule has 0 N–H and O–H groups in total. The van der Waals surface area contributed by atoms with E-state index in [1.54, 1.807) is 25.1 Å². The third-order valence-corrected chi connectivity index (χ3v) is 3.76. The molecule has 1 aliphatic heterocycles. The molecule has 112 valence electrons. The molecule has 1 aromatic rings. The lowest BCUT2D eigenvalue weighted by atomic mass is 10.2. The van der Waals surface area contributed by atoms with E-state index in [-0.39, 0.29) is 5.91 Å². The fourth-order valence-electron chi connectivity index (χ4n) is 2.18. The van der Waals surface area contributed by atoms with Crippen LogP contribution in [0.5, 0.6) is 0 Å². The van der Waals surface area contributed by atoms with Gasteiger partial charge in [0.2, 0.25) is 5.91 Å². The van der Waals surface area contributed by atoms with Crippen molar-refractivity contribution in [2.24, 2.45) is 0 Å². The molecule has 0 saturated carbocycles. The monoisotopic (exact) mass is 307 g/mol. The van der Waals surface area contributed by atoms with Crippen molar-refractivity contribution in [2.75, 3.05) is 51.7 Å². The fraction of sp³-hybridized carbons (Fsp3) is 0.500. The molecule has 7 heteroatoms. The van der Waals surface area contributed by atoms with Crippen molar-refractivity contribution in [1.29, 1.82) is 5.26 Å². The van der Waals surface area contributed by atoms with Gasteiger partial charge in [-0.05, 0) is 6.07 Å². The zero-order chi connectivity index (χ0) is 15.4. The number of nitriles is 1. The number of anilines is 1. The lowest BCUT2D eigenvalue weighted by Gasteiger charge is -2.35. The molecule has 0 radical (unpaired) electrons. The highest BCUT2D eigenvalue weighted by molar-refractivity contribution is 6.33. The van der Waals surface area contributed by atoms with E-state index in [1.165, 1.54) is 6.20 Å². The molecule has 1 amide bonds. The van der Waals surface area contributed by atoms with Crippen LogP contribution in [0.4, 0.5) is 5.82 Å². The summed E-state index contributed by atoms with van der Waals surface area (Å²) in [6.07, 6.45) is 1.53. The van der Waals surface area contributed by atoms with Crippen LogP contribution in [0.25, 0.3) is 0 Å². The Bertz CT molecular complexity index is 561. The molecule has 2 rings (SSSR count). The van der Waals surface area contributed by atoms with Crippen molar-refractivity contribution in [2.45, 2.75) is 0 Å². The number of likely N-dealkylation sites (N-methyl/N-ethyl adjacent to an activating group) is 1. The molecule has 0 spiro atoms. The Hall–Kier alpha value is -1.84. The van der Waals surface area contributed by atoms with Crippen LogP contribution in [0.2, 0.25) is 5.02 Å². The molecule has 1 saturated heterocycles. The van der Waals surface area contributed by atoms with Crippen LogP contribution >= 0.6 is 11.6 Å². The number of hydrogen-bond donors (Lipinski definition) is 0. The van der Waals surface area contributed by atoms with Crippen LogP contribution in [-0.2, 0) is 4.79 Å². The van der Waals surface area contributed by atoms with Gasteiger partial charge >= 0.3 is 0 Å². The number of aromatic nitrogens is 1. The van der Waals surface area contributed by atoms with Crippen LogP contribution in [0, 0.1) is 11.3 Å². The number of piperazine rings is 1. The van der Waals surface area contributed by atoms with Crippen LogP contribution in [0.1, 0.15) is 5.56 Å². The van der Waals surface area contributed by atoms with Crippen LogP contribution in [0.3, 0.4) is 0 Å². The van der Waals surface area contributed by atoms with Gasteiger partial charge in [0, 0.05) is 46.5 Å². The first-order chi connectivity index (χ1) is 10.0. The van der Waals surface area contributed by atoms with Gasteiger partial charge in [-0.25, -0.2) is 4.98 Å². The fourth-order valence-corrected chi connectivity index (χ4v) is 2.46. The van der Waals surface area contributed by atoms with E-state index >= 15 is 0 Å². The normalized spacial score (nSPS) is 15.6. The summed E-state index contributed by atoms with van der Waals surface area (Å²) in [5.41, 5.74) is 0.457. The number of nitrogens with zero attached hydrogens (tertiary/aromatic N) is 5.